The van der Waals surface area contributed by atoms with Crippen molar-refractivity contribution in [2.45, 2.75) is 19.4 Å². The molecule has 5 nitrogen and oxygen atoms in total. The van der Waals surface area contributed by atoms with E-state index in [9.17, 15) is 14.4 Å². The lowest BCUT2D eigenvalue weighted by atomic mass is 10.00. The number of amides is 2. The third kappa shape index (κ3) is 8.90. The molecule has 0 saturated heterocycles. The summed E-state index contributed by atoms with van der Waals surface area (Å²) in [7, 11) is 0. The summed E-state index contributed by atoms with van der Waals surface area (Å²) in [4.78, 5) is 35.8. The predicted octanol–water partition coefficient (Wildman–Crippen LogP) is 2.01. The van der Waals surface area contributed by atoms with Crippen LogP contribution in [0.5, 0.6) is 0 Å². The molecule has 0 aliphatic carbocycles. The number of hydrogen-bond acceptors (Lipinski definition) is 6. The average Bonchev–Trinajstić information content (AvgIpc) is 2.59. The zero-order valence-electron chi connectivity index (χ0n) is 14.3. The summed E-state index contributed by atoms with van der Waals surface area (Å²) in [5.74, 6) is 0.0638. The van der Waals surface area contributed by atoms with Crippen LogP contribution >= 0.6 is 23.5 Å². The molecule has 1 aromatic rings. The lowest BCUT2D eigenvalue weighted by Gasteiger charge is -2.17. The van der Waals surface area contributed by atoms with Crippen molar-refractivity contribution in [2.75, 3.05) is 17.3 Å². The molecule has 2 amide bonds. The summed E-state index contributed by atoms with van der Waals surface area (Å²) < 4.78 is 0. The normalized spacial score (nSPS) is 12.9. The van der Waals surface area contributed by atoms with E-state index in [1.54, 1.807) is 6.08 Å². The van der Waals surface area contributed by atoms with Gasteiger partial charge in [0.25, 0.3) is 0 Å². The van der Waals surface area contributed by atoms with Crippen LogP contribution in [0.4, 0.5) is 0 Å². The lowest BCUT2D eigenvalue weighted by Crippen LogP contribution is -2.47. The average molecular weight is 381 g/mol. The van der Waals surface area contributed by atoms with Crippen LogP contribution in [0.2, 0.25) is 0 Å². The van der Waals surface area contributed by atoms with Crippen molar-refractivity contribution in [3.05, 3.63) is 48.6 Å². The molecule has 0 bridgehead atoms. The molecule has 3 N–H and O–H groups in total. The molecule has 1 aromatic carbocycles. The second-order valence-corrected chi connectivity index (χ2v) is 7.75. The first-order chi connectivity index (χ1) is 11.9. The van der Waals surface area contributed by atoms with Gasteiger partial charge in [-0.2, -0.15) is 11.8 Å². The molecule has 1 unspecified atom stereocenters. The fourth-order valence-electron chi connectivity index (χ4n) is 2.01. The molecular weight excluding hydrogens is 356 g/mol. The largest absolute Gasteiger partial charge is 0.319 e. The number of carbonyl (C=O) groups is 3. The Labute approximate surface area is 157 Å². The quantitative estimate of drug-likeness (QED) is 0.477. The van der Waals surface area contributed by atoms with Gasteiger partial charge in [-0.15, -0.1) is 6.58 Å². The topological polar surface area (TPSA) is 89.3 Å². The van der Waals surface area contributed by atoms with Gasteiger partial charge in [-0.25, -0.2) is 0 Å². The highest BCUT2D eigenvalue weighted by Gasteiger charge is 2.24. The number of thioether (sulfide) groups is 2. The van der Waals surface area contributed by atoms with E-state index in [0.717, 1.165) is 17.3 Å². The highest BCUT2D eigenvalue weighted by molar-refractivity contribution is 8.13. The van der Waals surface area contributed by atoms with Crippen molar-refractivity contribution in [1.82, 2.24) is 5.32 Å². The standard InChI is InChI=1S/C18H24N2O3S2/c1-3-9-24-12-16(19)18(23)20-17(22)15(11-25-13(2)21)10-14-7-5-4-6-8-14/h3-8,15-16H,1,9-12,19H2,2H3,(H,20,22,23)/t15?,16-/m0/s1. The highest BCUT2D eigenvalue weighted by atomic mass is 32.2. The fraction of sp³-hybridized carbons (Fsp3) is 0.389. The Morgan fingerprint density at radius 3 is 2.48 bits per heavy atom. The van der Waals surface area contributed by atoms with E-state index in [0.29, 0.717) is 23.7 Å². The first kappa shape index (κ1) is 21.5. The van der Waals surface area contributed by atoms with E-state index < -0.39 is 23.8 Å². The van der Waals surface area contributed by atoms with Crippen molar-refractivity contribution >= 4 is 40.5 Å². The molecule has 0 spiro atoms. The minimum atomic E-state index is -0.758. The molecule has 0 aliphatic heterocycles. The molecule has 1 rings (SSSR count). The van der Waals surface area contributed by atoms with Gasteiger partial charge >= 0.3 is 0 Å². The van der Waals surface area contributed by atoms with Crippen molar-refractivity contribution in [3.63, 3.8) is 0 Å². The van der Waals surface area contributed by atoms with Crippen LogP contribution in [0.1, 0.15) is 12.5 Å². The van der Waals surface area contributed by atoms with Crippen molar-refractivity contribution in [3.8, 4) is 0 Å². The van der Waals surface area contributed by atoms with Crippen LogP contribution < -0.4 is 11.1 Å². The van der Waals surface area contributed by atoms with E-state index in [4.69, 9.17) is 5.73 Å². The van der Waals surface area contributed by atoms with Gasteiger partial charge in [0.15, 0.2) is 5.12 Å². The summed E-state index contributed by atoms with van der Waals surface area (Å²) in [6, 6.07) is 8.75. The van der Waals surface area contributed by atoms with E-state index in [-0.39, 0.29) is 5.12 Å². The Morgan fingerprint density at radius 1 is 1.20 bits per heavy atom. The molecule has 136 valence electrons. The Hall–Kier alpha value is -1.57. The second-order valence-electron chi connectivity index (χ2n) is 5.48. The van der Waals surface area contributed by atoms with Crippen LogP contribution in [0.15, 0.2) is 43.0 Å². The van der Waals surface area contributed by atoms with Gasteiger partial charge in [0.05, 0.1) is 12.0 Å². The number of nitrogens with one attached hydrogen (secondary N) is 1. The Morgan fingerprint density at radius 2 is 1.88 bits per heavy atom. The smallest absolute Gasteiger partial charge is 0.244 e. The van der Waals surface area contributed by atoms with Gasteiger partial charge in [0.1, 0.15) is 0 Å². The molecular formula is C18H24N2O3S2. The fourth-order valence-corrected chi connectivity index (χ4v) is 3.43. The molecule has 2 atom stereocenters. The van der Waals surface area contributed by atoms with Gasteiger partial charge in [-0.05, 0) is 12.0 Å². The molecule has 0 heterocycles. The monoisotopic (exact) mass is 380 g/mol. The third-order valence-corrected chi connectivity index (χ3v) is 5.34. The van der Waals surface area contributed by atoms with Crippen LogP contribution in [0.25, 0.3) is 0 Å². The maximum Gasteiger partial charge on any atom is 0.244 e. The number of benzene rings is 1. The Kier molecular flexibility index (Phi) is 10.2. The summed E-state index contributed by atoms with van der Waals surface area (Å²) in [6.45, 7) is 5.06. The summed E-state index contributed by atoms with van der Waals surface area (Å²) in [5.41, 5.74) is 6.78. The lowest BCUT2D eigenvalue weighted by molar-refractivity contribution is -0.132. The zero-order chi connectivity index (χ0) is 18.7. The Bertz CT molecular complexity index is 593. The molecule has 0 aliphatic rings. The van der Waals surface area contributed by atoms with E-state index >= 15 is 0 Å². The maximum atomic E-state index is 12.5. The van der Waals surface area contributed by atoms with Crippen LogP contribution in [0, 0.1) is 5.92 Å². The number of nitrogens with two attached hydrogens (primary N) is 1. The molecule has 0 aromatic heterocycles. The number of carbonyl (C=O) groups excluding carboxylic acids is 3. The minimum absolute atomic E-state index is 0.0604. The van der Waals surface area contributed by atoms with Gasteiger partial charge in [-0.3, -0.25) is 19.7 Å². The summed E-state index contributed by atoms with van der Waals surface area (Å²) >= 11 is 2.56. The minimum Gasteiger partial charge on any atom is -0.319 e. The molecule has 7 heteroatoms. The predicted molar refractivity (Wildman–Crippen MR) is 105 cm³/mol. The number of hydrogen-bond donors (Lipinski definition) is 2. The molecule has 25 heavy (non-hydrogen) atoms. The van der Waals surface area contributed by atoms with Gasteiger partial charge in [0.2, 0.25) is 11.8 Å². The van der Waals surface area contributed by atoms with E-state index in [2.05, 4.69) is 11.9 Å². The third-order valence-electron chi connectivity index (χ3n) is 3.30. The maximum absolute atomic E-state index is 12.5. The van der Waals surface area contributed by atoms with Crippen LogP contribution in [-0.4, -0.2) is 40.2 Å². The second kappa shape index (κ2) is 11.9. The number of rotatable bonds is 10. The first-order valence-corrected chi connectivity index (χ1v) is 10.0. The van der Waals surface area contributed by atoms with Crippen molar-refractivity contribution < 1.29 is 14.4 Å². The van der Waals surface area contributed by atoms with E-state index in [1.807, 2.05) is 30.3 Å². The highest BCUT2D eigenvalue weighted by Crippen LogP contribution is 2.16. The molecule has 0 radical (unpaired) electrons. The number of imide groups is 1. The molecule has 0 fully saturated rings. The van der Waals surface area contributed by atoms with Gasteiger partial charge in [-0.1, -0.05) is 48.2 Å². The van der Waals surface area contributed by atoms with Gasteiger partial charge < -0.3 is 5.73 Å². The van der Waals surface area contributed by atoms with Crippen LogP contribution in [-0.2, 0) is 20.8 Å². The van der Waals surface area contributed by atoms with Crippen LogP contribution in [0.3, 0.4) is 0 Å². The van der Waals surface area contributed by atoms with Crippen molar-refractivity contribution in [2.24, 2.45) is 11.7 Å². The summed E-state index contributed by atoms with van der Waals surface area (Å²) in [5, 5.41) is 2.32. The molecule has 0 saturated carbocycles. The zero-order valence-corrected chi connectivity index (χ0v) is 15.9. The van der Waals surface area contributed by atoms with E-state index in [1.165, 1.54) is 18.7 Å². The summed E-state index contributed by atoms with van der Waals surface area (Å²) in [6.07, 6.45) is 2.19. The Balaban J connectivity index is 2.65. The van der Waals surface area contributed by atoms with Crippen molar-refractivity contribution in [1.29, 1.82) is 0 Å². The SMILES string of the molecule is C=CCSC[C@H](N)C(=O)NC(=O)C(CSC(C)=O)Cc1ccccc1. The van der Waals surface area contributed by atoms with Gasteiger partial charge in [0, 0.05) is 24.2 Å². The first-order valence-electron chi connectivity index (χ1n) is 7.90.